The monoisotopic (exact) mass is 448 g/mol. The van der Waals surface area contributed by atoms with Gasteiger partial charge < -0.3 is 9.84 Å². The molecule has 1 atom stereocenters. The Bertz CT molecular complexity index is 1230. The van der Waals surface area contributed by atoms with Gasteiger partial charge in [-0.05, 0) is 57.0 Å². The minimum Gasteiger partial charge on any atom is -0.503 e. The van der Waals surface area contributed by atoms with E-state index in [1.807, 2.05) is 57.2 Å². The van der Waals surface area contributed by atoms with Crippen LogP contribution in [0.5, 0.6) is 5.75 Å². The van der Waals surface area contributed by atoms with Crippen molar-refractivity contribution in [2.24, 2.45) is 0 Å². The average molecular weight is 449 g/mol. The van der Waals surface area contributed by atoms with Crippen LogP contribution >= 0.6 is 11.3 Å². The summed E-state index contributed by atoms with van der Waals surface area (Å²) in [5, 5.41) is 11.7. The van der Waals surface area contributed by atoms with Crippen molar-refractivity contribution in [2.45, 2.75) is 33.7 Å². The number of hydrogen-bond acceptors (Lipinski definition) is 6. The van der Waals surface area contributed by atoms with Gasteiger partial charge in [0.15, 0.2) is 5.76 Å². The number of aryl methyl sites for hydroxylation is 3. The molecular formula is C25H24N2O4S. The Kier molecular flexibility index (Phi) is 5.84. The van der Waals surface area contributed by atoms with Crippen molar-refractivity contribution < 1.29 is 19.4 Å². The first-order chi connectivity index (χ1) is 15.3. The molecule has 0 bridgehead atoms. The number of carbonyl (C=O) groups is 2. The molecule has 0 spiro atoms. The second-order valence-electron chi connectivity index (χ2n) is 7.61. The molecule has 2 aromatic carbocycles. The highest BCUT2D eigenvalue weighted by Gasteiger charge is 2.45. The van der Waals surface area contributed by atoms with Crippen LogP contribution in [0.4, 0.5) is 5.69 Å². The van der Waals surface area contributed by atoms with Crippen molar-refractivity contribution >= 4 is 28.7 Å². The Balaban J connectivity index is 1.88. The number of thiazole rings is 1. The fourth-order valence-corrected chi connectivity index (χ4v) is 4.89. The summed E-state index contributed by atoms with van der Waals surface area (Å²) >= 11 is 1.26. The van der Waals surface area contributed by atoms with Gasteiger partial charge in [-0.3, -0.25) is 14.5 Å². The Labute approximate surface area is 190 Å². The Morgan fingerprint density at radius 2 is 1.81 bits per heavy atom. The van der Waals surface area contributed by atoms with E-state index in [1.54, 1.807) is 19.1 Å². The van der Waals surface area contributed by atoms with Crippen molar-refractivity contribution in [1.29, 1.82) is 0 Å². The Morgan fingerprint density at radius 1 is 1.12 bits per heavy atom. The summed E-state index contributed by atoms with van der Waals surface area (Å²) < 4.78 is 5.54. The van der Waals surface area contributed by atoms with Crippen LogP contribution < -0.4 is 9.64 Å². The van der Waals surface area contributed by atoms with Crippen molar-refractivity contribution in [3.63, 3.8) is 0 Å². The molecule has 0 saturated heterocycles. The lowest BCUT2D eigenvalue weighted by atomic mass is 9.94. The first-order valence-corrected chi connectivity index (χ1v) is 11.2. The minimum atomic E-state index is -0.770. The Morgan fingerprint density at radius 3 is 2.41 bits per heavy atom. The summed E-state index contributed by atoms with van der Waals surface area (Å²) in [6.07, 6.45) is 0. The van der Waals surface area contributed by atoms with Gasteiger partial charge in [-0.25, -0.2) is 4.98 Å². The van der Waals surface area contributed by atoms with Gasteiger partial charge >= 0.3 is 0 Å². The molecule has 1 amide bonds. The molecule has 1 N–H and O–H groups in total. The third-order valence-electron chi connectivity index (χ3n) is 5.44. The molecular weight excluding hydrogens is 424 g/mol. The normalized spacial score (nSPS) is 16.1. The van der Waals surface area contributed by atoms with Crippen LogP contribution in [0.25, 0.3) is 0 Å². The second kappa shape index (κ2) is 8.59. The SMILES string of the molecule is CCOc1ccc(C2C(C(=O)c3sc(C)nc3C)=C(O)C(=O)N2c2ccccc2C)cc1. The maximum atomic E-state index is 13.6. The van der Waals surface area contributed by atoms with E-state index in [0.29, 0.717) is 34.2 Å². The molecule has 4 rings (SSSR count). The second-order valence-corrected chi connectivity index (χ2v) is 8.81. The van der Waals surface area contributed by atoms with Crippen molar-refractivity contribution in [2.75, 3.05) is 11.5 Å². The Hall–Kier alpha value is -3.45. The van der Waals surface area contributed by atoms with Crippen molar-refractivity contribution in [1.82, 2.24) is 4.98 Å². The average Bonchev–Trinajstić information content (AvgIpc) is 3.24. The van der Waals surface area contributed by atoms with Gasteiger partial charge in [0, 0.05) is 5.69 Å². The number of amides is 1. The molecule has 32 heavy (non-hydrogen) atoms. The predicted molar refractivity (Wildman–Crippen MR) is 125 cm³/mol. The highest BCUT2D eigenvalue weighted by molar-refractivity contribution is 7.14. The summed E-state index contributed by atoms with van der Waals surface area (Å²) in [6, 6.07) is 13.9. The third kappa shape index (κ3) is 3.69. The molecule has 3 aromatic rings. The van der Waals surface area contributed by atoms with E-state index in [2.05, 4.69) is 4.98 Å². The first kappa shape index (κ1) is 21.8. The van der Waals surface area contributed by atoms with E-state index >= 15 is 0 Å². The van der Waals surface area contributed by atoms with E-state index in [9.17, 15) is 14.7 Å². The van der Waals surface area contributed by atoms with Crippen LogP contribution in [0.2, 0.25) is 0 Å². The molecule has 6 nitrogen and oxygen atoms in total. The van der Waals surface area contributed by atoms with Crippen molar-refractivity contribution in [3.05, 3.63) is 86.6 Å². The number of ether oxygens (including phenoxy) is 1. The zero-order chi connectivity index (χ0) is 23.0. The highest BCUT2D eigenvalue weighted by Crippen LogP contribution is 2.43. The number of aliphatic hydroxyl groups is 1. The van der Waals surface area contributed by atoms with E-state index in [4.69, 9.17) is 4.74 Å². The largest absolute Gasteiger partial charge is 0.503 e. The molecule has 1 unspecified atom stereocenters. The molecule has 0 radical (unpaired) electrons. The van der Waals surface area contributed by atoms with Gasteiger partial charge in [0.05, 0.1) is 33.8 Å². The molecule has 0 saturated carbocycles. The van der Waals surface area contributed by atoms with E-state index in [-0.39, 0.29) is 11.4 Å². The number of Topliss-reactive ketones (excluding diaryl/α,β-unsaturated/α-hetero) is 1. The molecule has 1 aliphatic rings. The van der Waals surface area contributed by atoms with Crippen LogP contribution in [0.1, 0.15) is 44.5 Å². The number of hydrogen-bond donors (Lipinski definition) is 1. The fourth-order valence-electron chi connectivity index (χ4n) is 4.01. The van der Waals surface area contributed by atoms with E-state index in [0.717, 1.165) is 10.6 Å². The van der Waals surface area contributed by atoms with Gasteiger partial charge in [0.1, 0.15) is 5.75 Å². The lowest BCUT2D eigenvalue weighted by Crippen LogP contribution is -2.31. The summed E-state index contributed by atoms with van der Waals surface area (Å²) in [7, 11) is 0. The summed E-state index contributed by atoms with van der Waals surface area (Å²) in [4.78, 5) is 33.2. The van der Waals surface area contributed by atoms with Crippen LogP contribution in [0.3, 0.4) is 0 Å². The third-order valence-corrected chi connectivity index (χ3v) is 6.52. The molecule has 164 valence electrons. The maximum absolute atomic E-state index is 13.6. The van der Waals surface area contributed by atoms with Crippen LogP contribution in [0, 0.1) is 20.8 Å². The minimum absolute atomic E-state index is 0.0640. The predicted octanol–water partition coefficient (Wildman–Crippen LogP) is 5.25. The molecule has 1 aliphatic heterocycles. The summed E-state index contributed by atoms with van der Waals surface area (Å²) in [5.41, 5.74) is 2.86. The van der Waals surface area contributed by atoms with Crippen LogP contribution in [-0.2, 0) is 4.79 Å². The molecule has 7 heteroatoms. The highest BCUT2D eigenvalue weighted by atomic mass is 32.1. The number of nitrogens with zero attached hydrogens (tertiary/aromatic N) is 2. The lowest BCUT2D eigenvalue weighted by Gasteiger charge is -2.28. The lowest BCUT2D eigenvalue weighted by molar-refractivity contribution is -0.117. The van der Waals surface area contributed by atoms with Gasteiger partial charge in [-0.1, -0.05) is 30.3 Å². The molecule has 0 aliphatic carbocycles. The van der Waals surface area contributed by atoms with E-state index < -0.39 is 17.7 Å². The number of rotatable bonds is 6. The van der Waals surface area contributed by atoms with E-state index in [1.165, 1.54) is 16.2 Å². The summed E-state index contributed by atoms with van der Waals surface area (Å²) in [5.74, 6) is -0.810. The smallest absolute Gasteiger partial charge is 0.294 e. The van der Waals surface area contributed by atoms with Gasteiger partial charge in [0.25, 0.3) is 5.91 Å². The van der Waals surface area contributed by atoms with Gasteiger partial charge in [-0.2, -0.15) is 0 Å². The fraction of sp³-hybridized carbons (Fsp3) is 0.240. The van der Waals surface area contributed by atoms with Crippen molar-refractivity contribution in [3.8, 4) is 5.75 Å². The standard InChI is InChI=1S/C25H24N2O4S/c1-5-31-18-12-10-17(11-13-18)21-20(22(28)24-15(3)26-16(4)32-24)23(29)25(30)27(21)19-9-7-6-8-14(19)2/h6-13,21,29H,5H2,1-4H3. The van der Waals surface area contributed by atoms with Gasteiger partial charge in [0.2, 0.25) is 5.78 Å². The zero-order valence-corrected chi connectivity index (χ0v) is 19.2. The number of carbonyl (C=O) groups excluding carboxylic acids is 2. The first-order valence-electron chi connectivity index (χ1n) is 10.4. The number of para-hydroxylation sites is 1. The number of benzene rings is 2. The van der Waals surface area contributed by atoms with Gasteiger partial charge in [-0.15, -0.1) is 11.3 Å². The summed E-state index contributed by atoms with van der Waals surface area (Å²) in [6.45, 7) is 7.92. The molecule has 1 aromatic heterocycles. The topological polar surface area (TPSA) is 79.7 Å². The molecule has 2 heterocycles. The number of anilines is 1. The van der Waals surface area contributed by atoms with Crippen LogP contribution in [-0.4, -0.2) is 28.4 Å². The number of ketones is 1. The maximum Gasteiger partial charge on any atom is 0.294 e. The number of aromatic nitrogens is 1. The number of aliphatic hydroxyl groups excluding tert-OH is 1. The molecule has 0 fully saturated rings. The quantitative estimate of drug-likeness (QED) is 0.521. The van der Waals surface area contributed by atoms with Crippen LogP contribution in [0.15, 0.2) is 59.9 Å². The zero-order valence-electron chi connectivity index (χ0n) is 18.4.